The second-order valence-electron chi connectivity index (χ2n) is 6.96. The van der Waals surface area contributed by atoms with Gasteiger partial charge in [0.05, 0.1) is 12.1 Å². The van der Waals surface area contributed by atoms with E-state index in [1.54, 1.807) is 0 Å². The van der Waals surface area contributed by atoms with Crippen molar-refractivity contribution in [3.63, 3.8) is 0 Å². The molecule has 2 unspecified atom stereocenters. The molecule has 2 aromatic rings. The number of piperazine rings is 1. The van der Waals surface area contributed by atoms with Crippen LogP contribution in [0.1, 0.15) is 43.5 Å². The molecular weight excluding hydrogens is 334 g/mol. The summed E-state index contributed by atoms with van der Waals surface area (Å²) in [4.78, 5) is 14.9. The Balaban J connectivity index is 0.00000102. The van der Waals surface area contributed by atoms with Gasteiger partial charge in [0.2, 0.25) is 0 Å². The lowest BCUT2D eigenvalue weighted by atomic mass is 10.0. The Hall–Kier alpha value is -2.59. The van der Waals surface area contributed by atoms with Crippen LogP contribution in [0.3, 0.4) is 0 Å². The summed E-state index contributed by atoms with van der Waals surface area (Å²) in [5.41, 5.74) is 7.84. The molecule has 0 saturated carbocycles. The minimum absolute atomic E-state index is 0.0543. The molecule has 1 N–H and O–H groups in total. The molecule has 2 aromatic carbocycles. The van der Waals surface area contributed by atoms with Gasteiger partial charge in [0, 0.05) is 13.1 Å². The van der Waals surface area contributed by atoms with Gasteiger partial charge >= 0.3 is 0 Å². The molecule has 1 saturated heterocycles. The monoisotopic (exact) mass is 363 g/mol. The Morgan fingerprint density at radius 2 is 1.70 bits per heavy atom. The average Bonchev–Trinajstić information content (AvgIpc) is 3.15. The van der Waals surface area contributed by atoms with Crippen LogP contribution in [-0.2, 0) is 11.3 Å². The highest BCUT2D eigenvalue weighted by Crippen LogP contribution is 2.30. The summed E-state index contributed by atoms with van der Waals surface area (Å²) < 4.78 is 0. The SMILES string of the molecule is CC.Cc1ccc(C2C=C3C(=O)N(Cc4ccccc4)CC(C)N3N2)cc1. The van der Waals surface area contributed by atoms with Crippen molar-refractivity contribution in [2.45, 2.75) is 46.3 Å². The second kappa shape index (κ2) is 8.40. The Morgan fingerprint density at radius 3 is 2.37 bits per heavy atom. The van der Waals surface area contributed by atoms with Crippen LogP contribution in [0.25, 0.3) is 0 Å². The van der Waals surface area contributed by atoms with Crippen molar-refractivity contribution in [3.05, 3.63) is 83.1 Å². The van der Waals surface area contributed by atoms with Crippen molar-refractivity contribution >= 4 is 5.91 Å². The maximum atomic E-state index is 13.0. The molecular formula is C23H29N3O. The molecule has 2 heterocycles. The number of rotatable bonds is 3. The third-order valence-electron chi connectivity index (χ3n) is 4.95. The molecule has 0 aromatic heterocycles. The lowest BCUT2D eigenvalue weighted by molar-refractivity contribution is -0.134. The molecule has 0 spiro atoms. The van der Waals surface area contributed by atoms with Gasteiger partial charge in [0.15, 0.2) is 0 Å². The van der Waals surface area contributed by atoms with Gasteiger partial charge in [-0.15, -0.1) is 0 Å². The Kier molecular flexibility index (Phi) is 5.97. The van der Waals surface area contributed by atoms with Crippen LogP contribution in [-0.4, -0.2) is 28.4 Å². The van der Waals surface area contributed by atoms with Gasteiger partial charge in [-0.3, -0.25) is 9.80 Å². The van der Waals surface area contributed by atoms with Crippen molar-refractivity contribution in [3.8, 4) is 0 Å². The summed E-state index contributed by atoms with van der Waals surface area (Å²) in [5.74, 6) is 0.101. The van der Waals surface area contributed by atoms with Crippen LogP contribution in [0.15, 0.2) is 66.4 Å². The van der Waals surface area contributed by atoms with Crippen molar-refractivity contribution < 1.29 is 4.79 Å². The van der Waals surface area contributed by atoms with Crippen LogP contribution in [0, 0.1) is 6.92 Å². The summed E-state index contributed by atoms with van der Waals surface area (Å²) in [6.45, 7) is 9.62. The molecule has 1 amide bonds. The highest BCUT2D eigenvalue weighted by Gasteiger charge is 2.38. The molecule has 4 rings (SSSR count). The highest BCUT2D eigenvalue weighted by molar-refractivity contribution is 5.94. The molecule has 27 heavy (non-hydrogen) atoms. The number of nitrogens with one attached hydrogen (secondary N) is 1. The summed E-state index contributed by atoms with van der Waals surface area (Å²) in [7, 11) is 0. The first-order valence-electron chi connectivity index (χ1n) is 9.79. The third-order valence-corrected chi connectivity index (χ3v) is 4.95. The first kappa shape index (κ1) is 19.2. The van der Waals surface area contributed by atoms with Gasteiger partial charge in [0.1, 0.15) is 5.70 Å². The van der Waals surface area contributed by atoms with Crippen LogP contribution in [0.2, 0.25) is 0 Å². The average molecular weight is 364 g/mol. The molecule has 2 aliphatic rings. The second-order valence-corrected chi connectivity index (χ2v) is 6.96. The molecule has 2 aliphatic heterocycles. The van der Waals surface area contributed by atoms with Crippen LogP contribution < -0.4 is 5.43 Å². The predicted molar refractivity (Wildman–Crippen MR) is 110 cm³/mol. The van der Waals surface area contributed by atoms with E-state index in [0.29, 0.717) is 6.54 Å². The van der Waals surface area contributed by atoms with Crippen LogP contribution >= 0.6 is 0 Å². The smallest absolute Gasteiger partial charge is 0.271 e. The Morgan fingerprint density at radius 1 is 1.04 bits per heavy atom. The summed E-state index contributed by atoms with van der Waals surface area (Å²) >= 11 is 0. The molecule has 142 valence electrons. The van der Waals surface area contributed by atoms with Crippen molar-refractivity contribution in [2.75, 3.05) is 6.54 Å². The number of hydrogen-bond acceptors (Lipinski definition) is 3. The van der Waals surface area contributed by atoms with E-state index in [1.807, 2.05) is 42.0 Å². The summed E-state index contributed by atoms with van der Waals surface area (Å²) in [6, 6.07) is 18.9. The number of benzene rings is 2. The lowest BCUT2D eigenvalue weighted by Crippen LogP contribution is -2.55. The zero-order valence-electron chi connectivity index (χ0n) is 16.6. The maximum absolute atomic E-state index is 13.0. The topological polar surface area (TPSA) is 35.6 Å². The third kappa shape index (κ3) is 4.06. The van der Waals surface area contributed by atoms with Crippen molar-refractivity contribution in [2.24, 2.45) is 0 Å². The molecule has 0 aliphatic carbocycles. The quantitative estimate of drug-likeness (QED) is 0.888. The van der Waals surface area contributed by atoms with E-state index in [0.717, 1.165) is 17.8 Å². The fourth-order valence-electron chi connectivity index (χ4n) is 3.56. The molecule has 4 heteroatoms. The zero-order valence-corrected chi connectivity index (χ0v) is 16.6. The Bertz CT molecular complexity index is 798. The summed E-state index contributed by atoms with van der Waals surface area (Å²) in [5, 5.41) is 2.04. The van der Waals surface area contributed by atoms with Gasteiger partial charge in [0.25, 0.3) is 5.91 Å². The van der Waals surface area contributed by atoms with Gasteiger partial charge in [-0.1, -0.05) is 74.0 Å². The minimum Gasteiger partial charge on any atom is -0.331 e. The van der Waals surface area contributed by atoms with E-state index < -0.39 is 0 Å². The number of carbonyl (C=O) groups excluding carboxylic acids is 1. The molecule has 4 nitrogen and oxygen atoms in total. The van der Waals surface area contributed by atoms with Crippen molar-refractivity contribution in [1.29, 1.82) is 0 Å². The molecule has 2 atom stereocenters. The standard InChI is InChI=1S/C21H23N3O.C2H6/c1-15-8-10-18(11-9-15)19-12-20-21(25)23(13-16(2)24(20)22-19)14-17-6-4-3-5-7-17;1-2/h3-12,16,19,22H,13-14H2,1-2H3;1-2H3. The van der Waals surface area contributed by atoms with E-state index in [9.17, 15) is 4.79 Å². The molecule has 0 bridgehead atoms. The first-order valence-corrected chi connectivity index (χ1v) is 9.79. The number of aryl methyl sites for hydroxylation is 1. The number of hydrogen-bond donors (Lipinski definition) is 1. The van der Waals surface area contributed by atoms with E-state index in [2.05, 4.69) is 61.7 Å². The van der Waals surface area contributed by atoms with E-state index in [-0.39, 0.29) is 18.0 Å². The number of amides is 1. The maximum Gasteiger partial charge on any atom is 0.271 e. The van der Waals surface area contributed by atoms with Crippen LogP contribution in [0.5, 0.6) is 0 Å². The highest BCUT2D eigenvalue weighted by atomic mass is 16.2. The van der Waals surface area contributed by atoms with Gasteiger partial charge in [-0.2, -0.15) is 0 Å². The van der Waals surface area contributed by atoms with Gasteiger partial charge in [-0.05, 0) is 31.1 Å². The largest absolute Gasteiger partial charge is 0.331 e. The number of hydrazine groups is 1. The molecule has 1 fully saturated rings. The van der Waals surface area contributed by atoms with E-state index >= 15 is 0 Å². The minimum atomic E-state index is 0.0543. The van der Waals surface area contributed by atoms with Crippen LogP contribution in [0.4, 0.5) is 0 Å². The number of carbonyl (C=O) groups is 1. The van der Waals surface area contributed by atoms with Gasteiger partial charge in [-0.25, -0.2) is 5.43 Å². The fourth-order valence-corrected chi connectivity index (χ4v) is 3.56. The first-order chi connectivity index (χ1) is 13.1. The predicted octanol–water partition coefficient (Wildman–Crippen LogP) is 4.20. The fraction of sp³-hybridized carbons (Fsp3) is 0.348. The Labute approximate surface area is 162 Å². The van der Waals surface area contributed by atoms with E-state index in [1.165, 1.54) is 11.1 Å². The van der Waals surface area contributed by atoms with E-state index in [4.69, 9.17) is 0 Å². The van der Waals surface area contributed by atoms with Crippen molar-refractivity contribution in [1.82, 2.24) is 15.3 Å². The summed E-state index contributed by atoms with van der Waals surface area (Å²) in [6.07, 6.45) is 2.06. The van der Waals surface area contributed by atoms with Gasteiger partial charge < -0.3 is 4.90 Å². The zero-order chi connectivity index (χ0) is 19.4. The number of fused-ring (bicyclic) bond motifs is 1. The number of nitrogens with zero attached hydrogens (tertiary/aromatic N) is 2. The molecule has 0 radical (unpaired) electrons. The lowest BCUT2D eigenvalue weighted by Gasteiger charge is -2.40. The normalized spacial score (nSPS) is 21.3.